The van der Waals surface area contributed by atoms with Gasteiger partial charge >= 0.3 is 6.03 Å². The summed E-state index contributed by atoms with van der Waals surface area (Å²) in [6.45, 7) is 3.98. The molecule has 1 aliphatic heterocycles. The molecular weight excluding hydrogens is 516 g/mol. The molecule has 0 radical (unpaired) electrons. The number of aromatic amines is 1. The van der Waals surface area contributed by atoms with Gasteiger partial charge in [0.15, 0.2) is 0 Å². The molecule has 3 amide bonds. The van der Waals surface area contributed by atoms with Crippen molar-refractivity contribution in [3.63, 3.8) is 0 Å². The molecule has 5 rings (SSSR count). The topological polar surface area (TPSA) is 108 Å². The number of nitrogens with one attached hydrogen (secondary N) is 2. The van der Waals surface area contributed by atoms with Crippen LogP contribution in [0.1, 0.15) is 47.6 Å². The molecule has 1 aromatic heterocycles. The molecular formula is C30H29ClN4O4. The Bertz CT molecular complexity index is 1450. The molecule has 39 heavy (non-hydrogen) atoms. The van der Waals surface area contributed by atoms with E-state index in [9.17, 15) is 9.59 Å². The van der Waals surface area contributed by atoms with E-state index in [-0.39, 0.29) is 25.0 Å². The lowest BCUT2D eigenvalue weighted by Crippen LogP contribution is -2.38. The lowest BCUT2D eigenvalue weighted by molar-refractivity contribution is -0.129. The monoisotopic (exact) mass is 544 g/mol. The number of amides is 3. The van der Waals surface area contributed by atoms with E-state index >= 15 is 0 Å². The zero-order valence-electron chi connectivity index (χ0n) is 21.6. The van der Waals surface area contributed by atoms with Gasteiger partial charge in [0, 0.05) is 22.2 Å². The normalized spacial score (nSPS) is 16.7. The molecule has 0 saturated carbocycles. The molecule has 0 bridgehead atoms. The van der Waals surface area contributed by atoms with E-state index in [0.29, 0.717) is 22.2 Å². The fourth-order valence-corrected chi connectivity index (χ4v) is 5.06. The van der Waals surface area contributed by atoms with Crippen LogP contribution in [0.5, 0.6) is 5.75 Å². The second-order valence-electron chi connectivity index (χ2n) is 9.48. The van der Waals surface area contributed by atoms with Gasteiger partial charge in [0.1, 0.15) is 30.3 Å². The van der Waals surface area contributed by atoms with E-state index in [1.165, 1.54) is 4.90 Å². The van der Waals surface area contributed by atoms with Gasteiger partial charge in [-0.05, 0) is 42.3 Å². The van der Waals surface area contributed by atoms with E-state index in [0.717, 1.165) is 22.5 Å². The number of imidazole rings is 1. The molecule has 1 aliphatic rings. The SMILES string of the molecule is Cc1[nH]c([C@H]([C@@H](C)c2ccccc2)N2C(=O)N[C@H](c3ccc(OCCO)cc3)C2=O)nc1-c1ccc(Cl)cc1. The summed E-state index contributed by atoms with van der Waals surface area (Å²) >= 11 is 6.08. The number of halogens is 1. The minimum atomic E-state index is -0.846. The summed E-state index contributed by atoms with van der Waals surface area (Å²) < 4.78 is 5.42. The highest BCUT2D eigenvalue weighted by Crippen LogP contribution is 2.40. The van der Waals surface area contributed by atoms with Crippen molar-refractivity contribution in [3.8, 4) is 17.0 Å². The standard InChI is InChI=1S/C30H29ClN4O4/c1-18(20-6-4-3-5-7-20)27(28-32-19(2)25(33-28)21-8-12-23(31)13-9-21)35-29(37)26(34-30(35)38)22-10-14-24(15-11-22)39-17-16-36/h3-15,18,26-27,36H,16-17H2,1-2H3,(H,32,33)(H,34,38)/t18-,26+,27-/m0/s1. The lowest BCUT2D eigenvalue weighted by Gasteiger charge is -2.29. The van der Waals surface area contributed by atoms with E-state index in [2.05, 4.69) is 10.3 Å². The largest absolute Gasteiger partial charge is 0.491 e. The first kappa shape index (κ1) is 26.5. The number of ether oxygens (including phenoxy) is 1. The van der Waals surface area contributed by atoms with Gasteiger partial charge in [0.25, 0.3) is 5.91 Å². The van der Waals surface area contributed by atoms with Crippen LogP contribution in [0, 0.1) is 6.92 Å². The number of urea groups is 1. The fourth-order valence-electron chi connectivity index (χ4n) is 4.94. The van der Waals surface area contributed by atoms with E-state index in [1.807, 2.05) is 56.3 Å². The first-order chi connectivity index (χ1) is 18.9. The summed E-state index contributed by atoms with van der Waals surface area (Å²) in [6, 6.07) is 22.0. The Morgan fingerprint density at radius 1 is 1.03 bits per heavy atom. The number of aromatic nitrogens is 2. The molecule has 3 aromatic carbocycles. The van der Waals surface area contributed by atoms with Crippen molar-refractivity contribution >= 4 is 23.5 Å². The van der Waals surface area contributed by atoms with Crippen LogP contribution in [0.4, 0.5) is 4.79 Å². The van der Waals surface area contributed by atoms with Crippen molar-refractivity contribution in [1.29, 1.82) is 0 Å². The predicted octanol–water partition coefficient (Wildman–Crippen LogP) is 5.55. The van der Waals surface area contributed by atoms with E-state index < -0.39 is 18.1 Å². The van der Waals surface area contributed by atoms with Crippen LogP contribution < -0.4 is 10.1 Å². The van der Waals surface area contributed by atoms with Crippen LogP contribution in [-0.4, -0.2) is 45.1 Å². The molecule has 2 heterocycles. The Hall–Kier alpha value is -4.14. The number of carbonyl (C=O) groups is 2. The Kier molecular flexibility index (Phi) is 7.67. The minimum absolute atomic E-state index is 0.0964. The summed E-state index contributed by atoms with van der Waals surface area (Å²) in [7, 11) is 0. The number of hydrogen-bond acceptors (Lipinski definition) is 5. The first-order valence-electron chi connectivity index (χ1n) is 12.7. The van der Waals surface area contributed by atoms with Crippen LogP contribution in [-0.2, 0) is 4.79 Å². The van der Waals surface area contributed by atoms with E-state index in [4.69, 9.17) is 26.4 Å². The maximum Gasteiger partial charge on any atom is 0.325 e. The molecule has 200 valence electrons. The van der Waals surface area contributed by atoms with E-state index in [1.54, 1.807) is 36.4 Å². The van der Waals surface area contributed by atoms with Gasteiger partial charge in [0.05, 0.1) is 12.3 Å². The average molecular weight is 545 g/mol. The van der Waals surface area contributed by atoms with Gasteiger partial charge in [0.2, 0.25) is 0 Å². The maximum atomic E-state index is 13.8. The molecule has 0 spiro atoms. The predicted molar refractivity (Wildman–Crippen MR) is 149 cm³/mol. The minimum Gasteiger partial charge on any atom is -0.491 e. The smallest absolute Gasteiger partial charge is 0.325 e. The third kappa shape index (κ3) is 5.39. The van der Waals surface area contributed by atoms with Crippen molar-refractivity contribution < 1.29 is 19.4 Å². The van der Waals surface area contributed by atoms with Crippen LogP contribution in [0.25, 0.3) is 11.3 Å². The van der Waals surface area contributed by atoms with Gasteiger partial charge in [-0.15, -0.1) is 0 Å². The highest BCUT2D eigenvalue weighted by atomic mass is 35.5. The molecule has 8 nitrogen and oxygen atoms in total. The van der Waals surface area contributed by atoms with Crippen LogP contribution in [0.3, 0.4) is 0 Å². The van der Waals surface area contributed by atoms with Gasteiger partial charge in [-0.3, -0.25) is 9.69 Å². The lowest BCUT2D eigenvalue weighted by atomic mass is 9.91. The Labute approximate surface area is 231 Å². The van der Waals surface area contributed by atoms with Gasteiger partial charge in [-0.25, -0.2) is 9.78 Å². The van der Waals surface area contributed by atoms with Gasteiger partial charge in [-0.2, -0.15) is 0 Å². The summed E-state index contributed by atoms with van der Waals surface area (Å²) in [6.07, 6.45) is 0. The van der Waals surface area contributed by atoms with Crippen LogP contribution >= 0.6 is 11.6 Å². The summed E-state index contributed by atoms with van der Waals surface area (Å²) in [5, 5.41) is 12.5. The quantitative estimate of drug-likeness (QED) is 0.240. The number of hydrogen-bond donors (Lipinski definition) is 3. The summed E-state index contributed by atoms with van der Waals surface area (Å²) in [5.74, 6) is 0.472. The number of nitrogens with zero attached hydrogens (tertiary/aromatic N) is 2. The second kappa shape index (κ2) is 11.3. The number of aliphatic hydroxyl groups excluding tert-OH is 1. The van der Waals surface area contributed by atoms with Crippen molar-refractivity contribution in [2.24, 2.45) is 0 Å². The molecule has 1 fully saturated rings. The van der Waals surface area contributed by atoms with Crippen molar-refractivity contribution in [3.05, 3.63) is 107 Å². The van der Waals surface area contributed by atoms with Crippen LogP contribution in [0.2, 0.25) is 5.02 Å². The average Bonchev–Trinajstić information content (AvgIpc) is 3.48. The first-order valence-corrected chi connectivity index (χ1v) is 13.1. The molecule has 0 unspecified atom stereocenters. The molecule has 3 N–H and O–H groups in total. The fraction of sp³-hybridized carbons (Fsp3) is 0.233. The number of aliphatic hydroxyl groups is 1. The van der Waals surface area contributed by atoms with Crippen LogP contribution in [0.15, 0.2) is 78.9 Å². The summed E-state index contributed by atoms with van der Waals surface area (Å²) in [5.41, 5.74) is 4.03. The Morgan fingerprint density at radius 3 is 2.38 bits per heavy atom. The van der Waals surface area contributed by atoms with Gasteiger partial charge in [-0.1, -0.05) is 73.1 Å². The number of aryl methyl sites for hydroxylation is 1. The molecule has 1 saturated heterocycles. The number of H-pyrrole nitrogens is 1. The molecule has 3 atom stereocenters. The molecule has 0 aliphatic carbocycles. The number of benzene rings is 3. The Morgan fingerprint density at radius 2 is 1.72 bits per heavy atom. The Balaban J connectivity index is 1.51. The summed E-state index contributed by atoms with van der Waals surface area (Å²) in [4.78, 5) is 36.8. The van der Waals surface area contributed by atoms with Crippen molar-refractivity contribution in [2.45, 2.75) is 31.8 Å². The zero-order chi connectivity index (χ0) is 27.5. The number of imide groups is 1. The second-order valence-corrected chi connectivity index (χ2v) is 9.92. The van der Waals surface area contributed by atoms with Crippen molar-refractivity contribution in [2.75, 3.05) is 13.2 Å². The number of carbonyl (C=O) groups excluding carboxylic acids is 2. The highest BCUT2D eigenvalue weighted by molar-refractivity contribution is 6.30. The molecule has 9 heteroatoms. The number of rotatable bonds is 9. The van der Waals surface area contributed by atoms with Crippen molar-refractivity contribution in [1.82, 2.24) is 20.2 Å². The molecule has 4 aromatic rings. The highest BCUT2D eigenvalue weighted by Gasteiger charge is 2.46. The van der Waals surface area contributed by atoms with Gasteiger partial charge < -0.3 is 20.1 Å². The maximum absolute atomic E-state index is 13.8. The zero-order valence-corrected chi connectivity index (χ0v) is 22.4. The third-order valence-corrected chi connectivity index (χ3v) is 7.17. The third-order valence-electron chi connectivity index (χ3n) is 6.92.